The van der Waals surface area contributed by atoms with Crippen LogP contribution in [0.4, 0.5) is 17.1 Å². The van der Waals surface area contributed by atoms with Gasteiger partial charge >= 0.3 is 0 Å². The van der Waals surface area contributed by atoms with Crippen LogP contribution in [0.1, 0.15) is 0 Å². The molecule has 1 aromatic heterocycles. The van der Waals surface area contributed by atoms with Crippen molar-refractivity contribution in [1.29, 1.82) is 0 Å². The predicted octanol–water partition coefficient (Wildman–Crippen LogP) is 16.7. The molecule has 2 heteroatoms. The minimum absolute atomic E-state index is 0.882. The lowest BCUT2D eigenvalue weighted by Gasteiger charge is -2.28. The summed E-state index contributed by atoms with van der Waals surface area (Å²) in [5.41, 5.74) is 12.1. The molecule has 1 heterocycles. The molecule has 12 rings (SSSR count). The Bertz CT molecular complexity index is 3600. The van der Waals surface area contributed by atoms with Gasteiger partial charge in [-0.1, -0.05) is 170 Å². The molecule has 0 bridgehead atoms. The van der Waals surface area contributed by atoms with Crippen LogP contribution in [0.5, 0.6) is 0 Å². The summed E-state index contributed by atoms with van der Waals surface area (Å²) in [5.74, 6) is 0. The first-order valence-electron chi connectivity index (χ1n) is 20.6. The predicted molar refractivity (Wildman–Crippen MR) is 255 cm³/mol. The van der Waals surface area contributed by atoms with E-state index in [0.29, 0.717) is 0 Å². The highest BCUT2D eigenvalue weighted by Gasteiger charge is 2.21. The van der Waals surface area contributed by atoms with Gasteiger partial charge in [-0.05, 0) is 120 Å². The third-order valence-electron chi connectivity index (χ3n) is 12.2. The van der Waals surface area contributed by atoms with Crippen LogP contribution in [0, 0.1) is 0 Å². The highest BCUT2D eigenvalue weighted by Crippen LogP contribution is 2.46. The van der Waals surface area contributed by atoms with Crippen molar-refractivity contribution in [3.05, 3.63) is 224 Å². The molecule has 0 unspecified atom stereocenters. The summed E-state index contributed by atoms with van der Waals surface area (Å²) in [6.45, 7) is 0. The Morgan fingerprint density at radius 2 is 0.800 bits per heavy atom. The number of hydrogen-bond acceptors (Lipinski definition) is 2. The van der Waals surface area contributed by atoms with Gasteiger partial charge in [0.2, 0.25) is 0 Å². The SMILES string of the molecule is c1ccc(N(c2ccc(-c3ccc4ccccc4c3)cc2)c2ccc(-c3ccc4c(ccc5ccccc54)c3)cc2)c(-c2cccc3oc4c5ccccc5ccc4c23)c1. The molecule has 0 atom stereocenters. The van der Waals surface area contributed by atoms with Crippen molar-refractivity contribution in [2.24, 2.45) is 0 Å². The average Bonchev–Trinajstić information content (AvgIpc) is 3.72. The minimum atomic E-state index is 0.882. The number of furan rings is 1. The first kappa shape index (κ1) is 34.1. The first-order chi connectivity index (χ1) is 29.7. The van der Waals surface area contributed by atoms with Crippen molar-refractivity contribution < 1.29 is 4.42 Å². The number of rotatable bonds is 6. The molecule has 0 radical (unpaired) electrons. The fourth-order valence-electron chi connectivity index (χ4n) is 9.27. The molecule has 0 aliphatic rings. The molecule has 0 aliphatic carbocycles. The van der Waals surface area contributed by atoms with Crippen LogP contribution in [0.3, 0.4) is 0 Å². The molecule has 0 fully saturated rings. The molecule has 12 aromatic rings. The number of fused-ring (bicyclic) bond motifs is 9. The zero-order valence-corrected chi connectivity index (χ0v) is 32.7. The van der Waals surface area contributed by atoms with Crippen molar-refractivity contribution in [2.45, 2.75) is 0 Å². The van der Waals surface area contributed by atoms with E-state index in [2.05, 4.69) is 229 Å². The topological polar surface area (TPSA) is 16.4 Å². The molecule has 2 nitrogen and oxygen atoms in total. The molecule has 0 spiro atoms. The third kappa shape index (κ3) is 5.65. The van der Waals surface area contributed by atoms with Gasteiger partial charge in [-0.25, -0.2) is 0 Å². The first-order valence-corrected chi connectivity index (χ1v) is 20.6. The molecular formula is C58H37NO. The van der Waals surface area contributed by atoms with Crippen LogP contribution in [0.25, 0.3) is 98.4 Å². The molecule has 0 N–H and O–H groups in total. The molecular weight excluding hydrogens is 727 g/mol. The van der Waals surface area contributed by atoms with E-state index in [1.54, 1.807) is 0 Å². The maximum Gasteiger partial charge on any atom is 0.143 e. The molecule has 0 saturated carbocycles. The van der Waals surface area contributed by atoms with Crippen LogP contribution in [0.2, 0.25) is 0 Å². The van der Waals surface area contributed by atoms with Gasteiger partial charge in [-0.15, -0.1) is 0 Å². The van der Waals surface area contributed by atoms with Crippen molar-refractivity contribution in [3.8, 4) is 33.4 Å². The molecule has 0 amide bonds. The van der Waals surface area contributed by atoms with Gasteiger partial charge in [0.05, 0.1) is 5.69 Å². The van der Waals surface area contributed by atoms with Crippen LogP contribution in [-0.2, 0) is 0 Å². The summed E-state index contributed by atoms with van der Waals surface area (Å²) in [4.78, 5) is 2.40. The maximum atomic E-state index is 6.67. The standard InChI is InChI=1S/C58H37NO/c1-2-13-43-36-44(22-20-38(43)10-1)39-24-30-47(31-25-39)59(48-32-26-40(27-33-48)45-29-34-50-46(37-45)23-21-41-11-3-5-14-49(41)50)55-18-8-7-16-52(55)53-17-9-19-56-57(53)54-35-28-42-12-4-6-15-51(42)58(54)60-56/h1-37H. The number of benzene rings is 11. The highest BCUT2D eigenvalue weighted by molar-refractivity contribution is 6.20. The largest absolute Gasteiger partial charge is 0.455 e. The number of para-hydroxylation sites is 1. The molecule has 60 heavy (non-hydrogen) atoms. The lowest BCUT2D eigenvalue weighted by molar-refractivity contribution is 0.673. The molecule has 11 aromatic carbocycles. The van der Waals surface area contributed by atoms with Gasteiger partial charge in [0.25, 0.3) is 0 Å². The molecule has 0 aliphatic heterocycles. The third-order valence-corrected chi connectivity index (χ3v) is 12.2. The van der Waals surface area contributed by atoms with Gasteiger partial charge in [0.15, 0.2) is 0 Å². The van der Waals surface area contributed by atoms with Gasteiger partial charge in [-0.3, -0.25) is 0 Å². The molecule has 0 saturated heterocycles. The van der Waals surface area contributed by atoms with E-state index in [9.17, 15) is 0 Å². The smallest absolute Gasteiger partial charge is 0.143 e. The lowest BCUT2D eigenvalue weighted by atomic mass is 9.95. The number of hydrogen-bond donors (Lipinski definition) is 0. The maximum absolute atomic E-state index is 6.67. The number of anilines is 3. The lowest BCUT2D eigenvalue weighted by Crippen LogP contribution is -2.11. The fraction of sp³-hybridized carbons (Fsp3) is 0. The Morgan fingerprint density at radius 3 is 1.57 bits per heavy atom. The van der Waals surface area contributed by atoms with E-state index in [1.807, 2.05) is 0 Å². The molecule has 280 valence electrons. The van der Waals surface area contributed by atoms with Crippen molar-refractivity contribution >= 4 is 82.1 Å². The van der Waals surface area contributed by atoms with E-state index in [0.717, 1.165) is 55.5 Å². The monoisotopic (exact) mass is 763 g/mol. The van der Waals surface area contributed by atoms with Gasteiger partial charge in [0.1, 0.15) is 11.2 Å². The van der Waals surface area contributed by atoms with E-state index in [-0.39, 0.29) is 0 Å². The summed E-state index contributed by atoms with van der Waals surface area (Å²) < 4.78 is 6.67. The minimum Gasteiger partial charge on any atom is -0.455 e. The van der Waals surface area contributed by atoms with E-state index < -0.39 is 0 Å². The normalized spacial score (nSPS) is 11.7. The Labute approximate surface area is 347 Å². The summed E-state index contributed by atoms with van der Waals surface area (Å²) in [6, 6.07) is 81.3. The van der Waals surface area contributed by atoms with E-state index in [4.69, 9.17) is 4.42 Å². The Hall–Kier alpha value is -7.94. The fourth-order valence-corrected chi connectivity index (χ4v) is 9.27. The van der Waals surface area contributed by atoms with Crippen LogP contribution >= 0.6 is 0 Å². The zero-order chi connectivity index (χ0) is 39.6. The Kier molecular flexibility index (Phi) is 7.89. The van der Waals surface area contributed by atoms with Crippen LogP contribution in [0.15, 0.2) is 229 Å². The van der Waals surface area contributed by atoms with E-state index in [1.165, 1.54) is 60.0 Å². The van der Waals surface area contributed by atoms with Crippen LogP contribution in [-0.4, -0.2) is 0 Å². The zero-order valence-electron chi connectivity index (χ0n) is 32.7. The van der Waals surface area contributed by atoms with Gasteiger partial charge in [-0.2, -0.15) is 0 Å². The second kappa shape index (κ2) is 13.9. The summed E-state index contributed by atoms with van der Waals surface area (Å²) in [6.07, 6.45) is 0. The summed E-state index contributed by atoms with van der Waals surface area (Å²) >= 11 is 0. The van der Waals surface area contributed by atoms with Gasteiger partial charge < -0.3 is 9.32 Å². The summed E-state index contributed by atoms with van der Waals surface area (Å²) in [5, 5.41) is 12.1. The highest BCUT2D eigenvalue weighted by atomic mass is 16.3. The van der Waals surface area contributed by atoms with Crippen molar-refractivity contribution in [2.75, 3.05) is 4.90 Å². The van der Waals surface area contributed by atoms with Crippen molar-refractivity contribution in [1.82, 2.24) is 0 Å². The van der Waals surface area contributed by atoms with E-state index >= 15 is 0 Å². The average molecular weight is 764 g/mol. The quantitative estimate of drug-likeness (QED) is 0.157. The second-order valence-electron chi connectivity index (χ2n) is 15.7. The van der Waals surface area contributed by atoms with Crippen molar-refractivity contribution in [3.63, 3.8) is 0 Å². The second-order valence-corrected chi connectivity index (χ2v) is 15.7. The number of nitrogens with zero attached hydrogens (tertiary/aromatic N) is 1. The Balaban J connectivity index is 1.00. The Morgan fingerprint density at radius 1 is 0.300 bits per heavy atom. The van der Waals surface area contributed by atoms with Crippen LogP contribution < -0.4 is 4.90 Å². The van der Waals surface area contributed by atoms with Gasteiger partial charge in [0, 0.05) is 33.1 Å². The summed E-state index contributed by atoms with van der Waals surface area (Å²) in [7, 11) is 0.